The third-order valence-electron chi connectivity index (χ3n) is 16.3. The van der Waals surface area contributed by atoms with Gasteiger partial charge in [-0.3, -0.25) is 19.4 Å². The number of cyclic esters (lactones) is 1. The summed E-state index contributed by atoms with van der Waals surface area (Å²) in [5.74, 6) is -2.52. The van der Waals surface area contributed by atoms with Gasteiger partial charge < -0.3 is 62.8 Å². The number of pyridine rings is 1. The summed E-state index contributed by atoms with van der Waals surface area (Å²) in [6.45, 7) is 12.8. The van der Waals surface area contributed by atoms with Gasteiger partial charge in [-0.25, -0.2) is 4.79 Å². The predicted molar refractivity (Wildman–Crippen MR) is 283 cm³/mol. The summed E-state index contributed by atoms with van der Waals surface area (Å²) in [6, 6.07) is 4.80. The fraction of sp³-hybridized carbons (Fsp3) is 0.722. The van der Waals surface area contributed by atoms with Crippen molar-refractivity contribution in [3.8, 4) is 11.5 Å². The third kappa shape index (κ3) is 13.4. The number of likely N-dealkylation sites (N-methyl/N-ethyl adjacent to an activating group) is 1. The fourth-order valence-electron chi connectivity index (χ4n) is 11.4. The van der Waals surface area contributed by atoms with Crippen LogP contribution in [0.25, 0.3) is 0 Å². The first-order chi connectivity index (χ1) is 35.7. The van der Waals surface area contributed by atoms with Crippen molar-refractivity contribution in [2.45, 2.75) is 171 Å². The number of fused-ring (bicyclic) bond motifs is 1. The number of nitrogens with zero attached hydrogens (tertiary/aromatic N) is 4. The maximum atomic E-state index is 14.8. The van der Waals surface area contributed by atoms with E-state index in [1.165, 1.54) is 23.8 Å². The zero-order chi connectivity index (χ0) is 54.4. The number of carbonyl (C=O) groups excluding carboxylic acids is 4. The number of amides is 2. The molecule has 21 heteroatoms. The van der Waals surface area contributed by atoms with Crippen LogP contribution in [0.2, 0.25) is 10.0 Å². The van der Waals surface area contributed by atoms with Crippen molar-refractivity contribution in [2.75, 3.05) is 64.8 Å². The molecule has 1 aliphatic carbocycles. The first-order valence-corrected chi connectivity index (χ1v) is 28.3. The lowest BCUT2D eigenvalue weighted by atomic mass is 9.72. The molecule has 418 valence electrons. The molecule has 5 fully saturated rings. The number of esters is 2. The van der Waals surface area contributed by atoms with Gasteiger partial charge in [-0.15, -0.1) is 11.8 Å². The number of ether oxygens (including phenoxy) is 8. The Hall–Kier alpha value is -3.66. The van der Waals surface area contributed by atoms with Gasteiger partial charge in [0, 0.05) is 100 Å². The number of thioether (sulfide) groups is 1. The Morgan fingerprint density at radius 3 is 2.32 bits per heavy atom. The molecule has 1 aromatic carbocycles. The molecular weight excluding hydrogens is 1030 g/mol. The third-order valence-corrected chi connectivity index (χ3v) is 18.3. The number of hydrogen-bond acceptors (Lipinski definition) is 17. The normalized spacial score (nSPS) is 33.3. The number of hydrogen-bond donors (Lipinski definition) is 2. The summed E-state index contributed by atoms with van der Waals surface area (Å²) >= 11 is 14.8. The van der Waals surface area contributed by atoms with Crippen LogP contribution < -0.4 is 14.4 Å². The number of Topliss-reactive ketones (excluding diaryl/α,β-unsaturated/α-hetero) is 1. The zero-order valence-electron chi connectivity index (χ0n) is 44.9. The Kier molecular flexibility index (Phi) is 20.4. The minimum atomic E-state index is -1.43. The molecule has 13 atom stereocenters. The number of morpholine rings is 1. The smallest absolute Gasteiger partial charge is 0.320 e. The van der Waals surface area contributed by atoms with E-state index in [2.05, 4.69) is 9.88 Å². The number of carbonyl (C=O) groups is 4. The summed E-state index contributed by atoms with van der Waals surface area (Å²) in [6.07, 6.45) is 1.28. The maximum absolute atomic E-state index is 14.8. The van der Waals surface area contributed by atoms with E-state index in [1.807, 2.05) is 32.0 Å². The van der Waals surface area contributed by atoms with Gasteiger partial charge in [0.25, 0.3) is 0 Å². The Bertz CT molecular complexity index is 2270. The highest BCUT2D eigenvalue weighted by molar-refractivity contribution is 8.00. The molecule has 0 bridgehead atoms. The van der Waals surface area contributed by atoms with Crippen molar-refractivity contribution in [1.82, 2.24) is 14.8 Å². The van der Waals surface area contributed by atoms with E-state index in [0.717, 1.165) is 31.4 Å². The first kappa shape index (κ1) is 59.0. The van der Waals surface area contributed by atoms with E-state index in [9.17, 15) is 29.4 Å². The van der Waals surface area contributed by atoms with Crippen molar-refractivity contribution in [2.24, 2.45) is 17.8 Å². The number of halogens is 2. The zero-order valence-corrected chi connectivity index (χ0v) is 47.2. The molecule has 0 radical (unpaired) electrons. The van der Waals surface area contributed by atoms with Crippen molar-refractivity contribution in [3.63, 3.8) is 0 Å². The number of aliphatic hydroxyl groups is 2. The molecule has 1 saturated carbocycles. The van der Waals surface area contributed by atoms with Gasteiger partial charge in [-0.2, -0.15) is 0 Å². The van der Waals surface area contributed by atoms with Crippen LogP contribution in [0.15, 0.2) is 30.6 Å². The molecule has 1 aromatic heterocycles. The summed E-state index contributed by atoms with van der Waals surface area (Å²) < 4.78 is 49.3. The van der Waals surface area contributed by atoms with E-state index in [4.69, 9.17) is 61.1 Å². The second kappa shape index (κ2) is 25.9. The minimum absolute atomic E-state index is 0.0282. The molecule has 5 heterocycles. The van der Waals surface area contributed by atoms with Gasteiger partial charge in [0.2, 0.25) is 0 Å². The Morgan fingerprint density at radius 1 is 0.973 bits per heavy atom. The van der Waals surface area contributed by atoms with Crippen LogP contribution in [-0.2, 0) is 49.3 Å². The fourth-order valence-corrected chi connectivity index (χ4v) is 13.4. The largest absolute Gasteiger partial charge is 0.493 e. The van der Waals surface area contributed by atoms with Crippen LogP contribution in [-0.4, -0.2) is 174 Å². The minimum Gasteiger partial charge on any atom is -0.493 e. The van der Waals surface area contributed by atoms with Gasteiger partial charge >= 0.3 is 18.0 Å². The molecule has 75 heavy (non-hydrogen) atoms. The standard InChI is InChI=1S/C54H78Cl2N4O14S/c1-10-44-54(6)46(48(50(65)74-54)75-24-21-60(30-36-37(55)28-57-29-38(36)56)34-15-16-42(67-8)43(26-34)71-35-13-11-12-14-35)32(3)40(61)17-18-53(5,68-9)45(27-41(62)33(4)49(64)72-44)73-51-47(63)39(25-31(2)70-51)58(7)52(66)59-19-22-69-23-20-59/h15-16,26,28-29,31-33,35,39,41,44-48,51,62-63H,10-14,17-25,27,30H2,1-9H3/t31-,32?,33-,39+,41-,44-,45-,46+,47-,48?,51+,53-,54-/m1/s1. The second-order valence-corrected chi connectivity index (χ2v) is 23.3. The number of methoxy groups -OCH3 is 2. The highest BCUT2D eigenvalue weighted by Gasteiger charge is 2.61. The van der Waals surface area contributed by atoms with E-state index in [0.29, 0.717) is 78.7 Å². The summed E-state index contributed by atoms with van der Waals surface area (Å²) in [4.78, 5) is 66.6. The quantitative estimate of drug-likeness (QED) is 0.166. The van der Waals surface area contributed by atoms with Crippen LogP contribution in [0, 0.1) is 17.8 Å². The maximum Gasteiger partial charge on any atom is 0.320 e. The van der Waals surface area contributed by atoms with Gasteiger partial charge in [0.1, 0.15) is 23.2 Å². The molecule has 2 aromatic rings. The highest BCUT2D eigenvalue weighted by Crippen LogP contribution is 2.49. The Morgan fingerprint density at radius 2 is 1.67 bits per heavy atom. The molecule has 18 nitrogen and oxygen atoms in total. The van der Waals surface area contributed by atoms with E-state index < -0.39 is 89.0 Å². The number of benzene rings is 1. The highest BCUT2D eigenvalue weighted by atomic mass is 35.5. The molecule has 2 N–H and O–H groups in total. The number of aromatic nitrogens is 1. The van der Waals surface area contributed by atoms with Crippen LogP contribution in [0.3, 0.4) is 0 Å². The second-order valence-electron chi connectivity index (χ2n) is 21.2. The van der Waals surface area contributed by atoms with Crippen molar-refractivity contribution < 1.29 is 67.3 Å². The summed E-state index contributed by atoms with van der Waals surface area (Å²) in [5, 5.41) is 23.7. The van der Waals surface area contributed by atoms with Gasteiger partial charge in [0.15, 0.2) is 23.4 Å². The molecule has 2 unspecified atom stereocenters. The molecule has 5 aliphatic rings. The molecule has 2 amide bonds. The topological polar surface area (TPSA) is 205 Å². The lowest BCUT2D eigenvalue weighted by Crippen LogP contribution is -2.61. The van der Waals surface area contributed by atoms with Gasteiger partial charge in [0.05, 0.1) is 72.3 Å². The number of aliphatic hydroxyl groups excluding tert-OH is 2. The van der Waals surface area contributed by atoms with Crippen LogP contribution >= 0.6 is 35.0 Å². The molecule has 0 spiro atoms. The molecular formula is C54H78Cl2N4O14S. The SMILES string of the molecule is CC[C@H]1OC(=O)[C@H](C)[C@H](O)C[C@@H](O[C@@H]2O[C@H](C)C[C@H](N(C)C(=O)N3CCOCC3)[C@H]2O)[C@](C)(OC)CCC(=O)C(C)[C@H]2C(SCCN(Cc3c(Cl)cncc3Cl)c3ccc(OC)c(OC4CCCC4)c3)C(=O)O[C@@]21C. The van der Waals surface area contributed by atoms with E-state index >= 15 is 0 Å². The van der Waals surface area contributed by atoms with Gasteiger partial charge in [-0.1, -0.05) is 37.0 Å². The average molecular weight is 1110 g/mol. The number of urea groups is 1. The van der Waals surface area contributed by atoms with Crippen LogP contribution in [0.1, 0.15) is 105 Å². The average Bonchev–Trinajstić information content (AvgIpc) is 4.02. The van der Waals surface area contributed by atoms with Crippen molar-refractivity contribution >= 4 is 64.4 Å². The van der Waals surface area contributed by atoms with Crippen LogP contribution in [0.5, 0.6) is 11.5 Å². The number of rotatable bonds is 15. The lowest BCUT2D eigenvalue weighted by molar-refractivity contribution is -0.291. The Balaban J connectivity index is 1.15. The van der Waals surface area contributed by atoms with Crippen LogP contribution in [0.4, 0.5) is 10.5 Å². The van der Waals surface area contributed by atoms with Crippen molar-refractivity contribution in [1.29, 1.82) is 0 Å². The monoisotopic (exact) mass is 1110 g/mol. The first-order valence-electron chi connectivity index (χ1n) is 26.5. The molecule has 7 rings (SSSR count). The molecule has 4 saturated heterocycles. The number of ketones is 1. The molecule has 4 aliphatic heterocycles. The van der Waals surface area contributed by atoms with Crippen molar-refractivity contribution in [3.05, 3.63) is 46.2 Å². The summed E-state index contributed by atoms with van der Waals surface area (Å²) in [7, 11) is 4.72. The Labute approximate surface area is 456 Å². The van der Waals surface area contributed by atoms with E-state index in [1.54, 1.807) is 59.1 Å². The van der Waals surface area contributed by atoms with Gasteiger partial charge in [-0.05, 0) is 84.8 Å². The summed E-state index contributed by atoms with van der Waals surface area (Å²) in [5.41, 5.74) is -1.26. The van der Waals surface area contributed by atoms with E-state index in [-0.39, 0.29) is 43.6 Å². The predicted octanol–water partition coefficient (Wildman–Crippen LogP) is 7.51. The number of anilines is 1. The lowest BCUT2D eigenvalue weighted by Gasteiger charge is -2.46.